The highest BCUT2D eigenvalue weighted by atomic mass is 32.2. The summed E-state index contributed by atoms with van der Waals surface area (Å²) in [7, 11) is 0. The Morgan fingerprint density at radius 1 is 1.00 bits per heavy atom. The van der Waals surface area contributed by atoms with Crippen molar-refractivity contribution in [3.05, 3.63) is 58.9 Å². The Kier molecular flexibility index (Phi) is 4.40. The van der Waals surface area contributed by atoms with Crippen molar-refractivity contribution in [2.75, 3.05) is 0 Å². The first kappa shape index (κ1) is 14.9. The second-order valence-electron chi connectivity index (χ2n) is 4.49. The highest BCUT2D eigenvalue weighted by Crippen LogP contribution is 2.36. The fourth-order valence-electron chi connectivity index (χ4n) is 1.76. The maximum atomic E-state index is 13.6. The van der Waals surface area contributed by atoms with E-state index < -0.39 is 23.6 Å². The molecule has 1 unspecified atom stereocenters. The molecule has 0 bridgehead atoms. The van der Waals surface area contributed by atoms with E-state index in [1.807, 2.05) is 0 Å². The Labute approximate surface area is 119 Å². The lowest BCUT2D eigenvalue weighted by Crippen LogP contribution is -1.98. The predicted octanol–water partition coefficient (Wildman–Crippen LogP) is 4.62. The van der Waals surface area contributed by atoms with Gasteiger partial charge in [-0.1, -0.05) is 11.8 Å². The van der Waals surface area contributed by atoms with Gasteiger partial charge in [0.2, 0.25) is 0 Å². The summed E-state index contributed by atoms with van der Waals surface area (Å²) in [6, 6.07) is 5.89. The number of benzene rings is 2. The first-order valence-corrected chi connectivity index (χ1v) is 6.81. The molecule has 0 aliphatic heterocycles. The third-order valence-electron chi connectivity index (χ3n) is 2.85. The van der Waals surface area contributed by atoms with Gasteiger partial charge >= 0.3 is 0 Å². The molecular formula is C15H13F3OS. The fraction of sp³-hybridized carbons (Fsp3) is 0.200. The van der Waals surface area contributed by atoms with Gasteiger partial charge in [0, 0.05) is 4.90 Å². The number of hydrogen-bond donors (Lipinski definition) is 1. The minimum Gasteiger partial charge on any atom is -0.389 e. The number of aliphatic hydroxyl groups is 1. The molecule has 1 atom stereocenters. The molecule has 0 aromatic heterocycles. The van der Waals surface area contributed by atoms with Gasteiger partial charge in [-0.25, -0.2) is 13.2 Å². The molecule has 0 amide bonds. The second kappa shape index (κ2) is 5.89. The summed E-state index contributed by atoms with van der Waals surface area (Å²) in [6.07, 6.45) is -0.899. The molecule has 1 N–H and O–H groups in total. The van der Waals surface area contributed by atoms with Crippen LogP contribution in [0.1, 0.15) is 24.2 Å². The normalized spacial score (nSPS) is 12.5. The van der Waals surface area contributed by atoms with Crippen molar-refractivity contribution >= 4 is 11.8 Å². The highest BCUT2D eigenvalue weighted by molar-refractivity contribution is 7.99. The highest BCUT2D eigenvalue weighted by Gasteiger charge is 2.15. The van der Waals surface area contributed by atoms with Crippen molar-refractivity contribution in [2.24, 2.45) is 0 Å². The van der Waals surface area contributed by atoms with Crippen molar-refractivity contribution < 1.29 is 18.3 Å². The van der Waals surface area contributed by atoms with E-state index in [1.54, 1.807) is 6.92 Å². The molecule has 0 spiro atoms. The van der Waals surface area contributed by atoms with E-state index in [0.29, 0.717) is 16.0 Å². The molecule has 106 valence electrons. The van der Waals surface area contributed by atoms with Crippen LogP contribution in [0.2, 0.25) is 0 Å². The lowest BCUT2D eigenvalue weighted by atomic mass is 10.1. The van der Waals surface area contributed by atoms with Crippen LogP contribution < -0.4 is 0 Å². The first-order chi connectivity index (χ1) is 9.38. The summed E-state index contributed by atoms with van der Waals surface area (Å²) in [5.41, 5.74) is 0.732. The zero-order chi connectivity index (χ0) is 14.9. The summed E-state index contributed by atoms with van der Waals surface area (Å²) in [4.78, 5) is 0.598. The largest absolute Gasteiger partial charge is 0.389 e. The van der Waals surface area contributed by atoms with Crippen LogP contribution in [-0.2, 0) is 0 Å². The quantitative estimate of drug-likeness (QED) is 0.892. The number of hydrogen-bond acceptors (Lipinski definition) is 2. The summed E-state index contributed by atoms with van der Waals surface area (Å²) in [5.74, 6) is -1.55. The number of aryl methyl sites for hydroxylation is 1. The standard InChI is InChI=1S/C15H13F3OS/c1-8-5-14(11(9(2)19)7-13(8)18)20-15-6-10(16)3-4-12(15)17/h3-7,9,19H,1-2H3. The molecule has 20 heavy (non-hydrogen) atoms. The van der Waals surface area contributed by atoms with Crippen LogP contribution in [0.25, 0.3) is 0 Å². The van der Waals surface area contributed by atoms with E-state index >= 15 is 0 Å². The molecule has 0 aliphatic rings. The molecule has 1 nitrogen and oxygen atoms in total. The Balaban J connectivity index is 2.47. The van der Waals surface area contributed by atoms with Crippen LogP contribution in [0.15, 0.2) is 40.1 Å². The van der Waals surface area contributed by atoms with Crippen molar-refractivity contribution in [3.63, 3.8) is 0 Å². The minimum atomic E-state index is -0.899. The maximum absolute atomic E-state index is 13.6. The molecular weight excluding hydrogens is 285 g/mol. The third-order valence-corrected chi connectivity index (χ3v) is 3.96. The van der Waals surface area contributed by atoms with Gasteiger partial charge in [-0.05, 0) is 55.3 Å². The van der Waals surface area contributed by atoms with Crippen LogP contribution in [0.5, 0.6) is 0 Å². The van der Waals surface area contributed by atoms with Crippen LogP contribution in [0.3, 0.4) is 0 Å². The maximum Gasteiger partial charge on any atom is 0.137 e. The van der Waals surface area contributed by atoms with Crippen molar-refractivity contribution in [1.82, 2.24) is 0 Å². The molecule has 0 fully saturated rings. The molecule has 0 saturated carbocycles. The lowest BCUT2D eigenvalue weighted by molar-refractivity contribution is 0.196. The van der Waals surface area contributed by atoms with Gasteiger partial charge in [0.25, 0.3) is 0 Å². The molecule has 2 aromatic carbocycles. The molecule has 0 saturated heterocycles. The molecule has 5 heteroatoms. The number of halogens is 3. The monoisotopic (exact) mass is 298 g/mol. The molecule has 2 aromatic rings. The van der Waals surface area contributed by atoms with Crippen LogP contribution in [-0.4, -0.2) is 5.11 Å². The lowest BCUT2D eigenvalue weighted by Gasteiger charge is -2.13. The third kappa shape index (κ3) is 3.16. The Bertz CT molecular complexity index is 641. The van der Waals surface area contributed by atoms with Crippen LogP contribution in [0, 0.1) is 24.4 Å². The molecule has 0 radical (unpaired) electrons. The SMILES string of the molecule is Cc1cc(Sc2cc(F)ccc2F)c(C(C)O)cc1F. The van der Waals surface area contributed by atoms with Crippen LogP contribution >= 0.6 is 11.8 Å². The summed E-state index contributed by atoms with van der Waals surface area (Å²) in [6.45, 7) is 3.07. The van der Waals surface area contributed by atoms with E-state index in [1.165, 1.54) is 19.1 Å². The topological polar surface area (TPSA) is 20.2 Å². The van der Waals surface area contributed by atoms with Gasteiger partial charge in [-0.15, -0.1) is 0 Å². The molecule has 0 aliphatic carbocycles. The van der Waals surface area contributed by atoms with Gasteiger partial charge in [-0.2, -0.15) is 0 Å². The Hall–Kier alpha value is -1.46. The van der Waals surface area contributed by atoms with Crippen molar-refractivity contribution in [1.29, 1.82) is 0 Å². The number of aliphatic hydroxyl groups excluding tert-OH is 1. The Morgan fingerprint density at radius 3 is 2.35 bits per heavy atom. The van der Waals surface area contributed by atoms with E-state index in [2.05, 4.69) is 0 Å². The predicted molar refractivity (Wildman–Crippen MR) is 72.3 cm³/mol. The molecule has 0 heterocycles. The minimum absolute atomic E-state index is 0.0953. The van der Waals surface area contributed by atoms with Gasteiger partial charge in [-0.3, -0.25) is 0 Å². The zero-order valence-electron chi connectivity index (χ0n) is 11.0. The zero-order valence-corrected chi connectivity index (χ0v) is 11.8. The van der Waals surface area contributed by atoms with Gasteiger partial charge in [0.15, 0.2) is 0 Å². The fourth-order valence-corrected chi connectivity index (χ4v) is 2.92. The number of rotatable bonds is 3. The smallest absolute Gasteiger partial charge is 0.137 e. The average molecular weight is 298 g/mol. The van der Waals surface area contributed by atoms with Gasteiger partial charge in [0.05, 0.1) is 11.0 Å². The van der Waals surface area contributed by atoms with Crippen molar-refractivity contribution in [3.8, 4) is 0 Å². The first-order valence-electron chi connectivity index (χ1n) is 5.99. The van der Waals surface area contributed by atoms with Gasteiger partial charge in [0.1, 0.15) is 17.5 Å². The van der Waals surface area contributed by atoms with Crippen molar-refractivity contribution in [2.45, 2.75) is 29.7 Å². The van der Waals surface area contributed by atoms with E-state index in [-0.39, 0.29) is 4.90 Å². The van der Waals surface area contributed by atoms with E-state index in [4.69, 9.17) is 0 Å². The summed E-state index contributed by atoms with van der Waals surface area (Å²) < 4.78 is 40.4. The average Bonchev–Trinajstić information content (AvgIpc) is 2.37. The van der Waals surface area contributed by atoms with Crippen LogP contribution in [0.4, 0.5) is 13.2 Å². The van der Waals surface area contributed by atoms with Gasteiger partial charge < -0.3 is 5.11 Å². The van der Waals surface area contributed by atoms with E-state index in [0.717, 1.165) is 30.0 Å². The van der Waals surface area contributed by atoms with E-state index in [9.17, 15) is 18.3 Å². The molecule has 2 rings (SSSR count). The second-order valence-corrected chi connectivity index (χ2v) is 5.58. The summed E-state index contributed by atoms with van der Waals surface area (Å²) >= 11 is 0.965. The Morgan fingerprint density at radius 2 is 1.70 bits per heavy atom. The summed E-state index contributed by atoms with van der Waals surface area (Å²) in [5, 5.41) is 9.67.